The van der Waals surface area contributed by atoms with Gasteiger partial charge in [0.15, 0.2) is 0 Å². The van der Waals surface area contributed by atoms with Gasteiger partial charge in [-0.15, -0.1) is 0 Å². The summed E-state index contributed by atoms with van der Waals surface area (Å²) in [5, 5.41) is 29.2. The van der Waals surface area contributed by atoms with E-state index in [9.17, 15) is 23.5 Å². The molecule has 0 radical (unpaired) electrons. The van der Waals surface area contributed by atoms with Gasteiger partial charge >= 0.3 is 18.6 Å². The number of nitrogens with zero attached hydrogens (tertiary/aromatic N) is 3. The highest BCUT2D eigenvalue weighted by Gasteiger charge is 2.22. The highest BCUT2D eigenvalue weighted by Crippen LogP contribution is 2.28. The number of alkyl halides is 2. The van der Waals surface area contributed by atoms with Crippen LogP contribution in [0.15, 0.2) is 53.3 Å². The maximum Gasteiger partial charge on any atom is 0.387 e. The van der Waals surface area contributed by atoms with Gasteiger partial charge in [-0.25, -0.2) is 9.59 Å². The molecule has 1 saturated carbocycles. The number of carboxylic acid groups (broad SMARTS) is 1. The molecule has 3 N–H and O–H groups in total. The predicted molar refractivity (Wildman–Crippen MR) is 147 cm³/mol. The average molecular weight is 627 g/mol. The lowest BCUT2D eigenvalue weighted by Crippen LogP contribution is -2.35. The normalized spacial score (nSPS) is 16.2. The van der Waals surface area contributed by atoms with Crippen molar-refractivity contribution in [2.24, 2.45) is 5.92 Å². The number of halogens is 3. The fraction of sp³-hybridized carbons (Fsp3) is 0.407. The van der Waals surface area contributed by atoms with Crippen LogP contribution in [0.5, 0.6) is 11.5 Å². The first kappa shape index (κ1) is 32.6. The molecular formula is C27H33BrF2N4O6. The van der Waals surface area contributed by atoms with E-state index >= 15 is 0 Å². The molecule has 1 aliphatic carbocycles. The number of ether oxygens (including phenoxy) is 2. The number of aromatic nitrogens is 3. The number of esters is 1. The van der Waals surface area contributed by atoms with E-state index in [1.807, 2.05) is 0 Å². The van der Waals surface area contributed by atoms with Crippen LogP contribution >= 0.6 is 15.9 Å². The molecule has 1 fully saturated rings. The molecule has 10 nitrogen and oxygen atoms in total. The Morgan fingerprint density at radius 1 is 1.12 bits per heavy atom. The average Bonchev–Trinajstić information content (AvgIpc) is 3.48. The van der Waals surface area contributed by atoms with Crippen LogP contribution in [0.3, 0.4) is 0 Å². The van der Waals surface area contributed by atoms with Gasteiger partial charge < -0.3 is 25.0 Å². The number of rotatable bonds is 7. The minimum absolute atomic E-state index is 0.0469. The number of carboxylic acids is 1. The summed E-state index contributed by atoms with van der Waals surface area (Å²) in [7, 11) is 3.36. The number of benzene rings is 2. The third-order valence-electron chi connectivity index (χ3n) is 6.25. The fourth-order valence-electron chi connectivity index (χ4n) is 4.33. The second-order valence-electron chi connectivity index (χ2n) is 8.63. The SMILES string of the molecule is CC[C@@H]1CCCC[C@H]1NC.COC(=O)c1c(O)cccc1Br.O=C(O)c1c(OC(F)F)cccc1-n1nccn1. The summed E-state index contributed by atoms with van der Waals surface area (Å²) in [6.45, 7) is -0.802. The lowest BCUT2D eigenvalue weighted by Gasteiger charge is -2.30. The molecular weight excluding hydrogens is 594 g/mol. The van der Waals surface area contributed by atoms with Crippen LogP contribution in [-0.2, 0) is 4.74 Å². The van der Waals surface area contributed by atoms with E-state index in [0.717, 1.165) is 22.8 Å². The van der Waals surface area contributed by atoms with Crippen molar-refractivity contribution >= 4 is 27.9 Å². The maximum absolute atomic E-state index is 12.2. The molecule has 0 aliphatic heterocycles. The van der Waals surface area contributed by atoms with Crippen molar-refractivity contribution in [1.29, 1.82) is 0 Å². The van der Waals surface area contributed by atoms with Gasteiger partial charge in [0, 0.05) is 10.5 Å². The lowest BCUT2D eigenvalue weighted by molar-refractivity contribution is -0.0503. The van der Waals surface area contributed by atoms with Crippen LogP contribution in [-0.4, -0.2) is 64.0 Å². The van der Waals surface area contributed by atoms with Gasteiger partial charge in [-0.05, 0) is 66.0 Å². The Morgan fingerprint density at radius 3 is 2.30 bits per heavy atom. The molecule has 13 heteroatoms. The summed E-state index contributed by atoms with van der Waals surface area (Å²) in [5.41, 5.74) is -0.223. The van der Waals surface area contributed by atoms with E-state index in [1.165, 1.54) is 69.8 Å². The summed E-state index contributed by atoms with van der Waals surface area (Å²) in [6, 6.07) is 9.45. The predicted octanol–water partition coefficient (Wildman–Crippen LogP) is 5.68. The second kappa shape index (κ2) is 16.5. The number of hydrogen-bond donors (Lipinski definition) is 3. The number of aromatic carboxylic acids is 1. The Labute approximate surface area is 239 Å². The first-order chi connectivity index (χ1) is 19.1. The molecule has 0 spiro atoms. The molecule has 1 aliphatic rings. The molecule has 1 aromatic heterocycles. The van der Waals surface area contributed by atoms with Crippen molar-refractivity contribution < 1.29 is 38.1 Å². The summed E-state index contributed by atoms with van der Waals surface area (Å²) < 4.78 is 33.5. The van der Waals surface area contributed by atoms with Gasteiger partial charge in [0.2, 0.25) is 0 Å². The quantitative estimate of drug-likeness (QED) is 0.283. The largest absolute Gasteiger partial charge is 0.507 e. The van der Waals surface area contributed by atoms with E-state index in [0.29, 0.717) is 4.47 Å². The molecule has 40 heavy (non-hydrogen) atoms. The lowest BCUT2D eigenvalue weighted by atomic mass is 9.83. The molecule has 0 saturated heterocycles. The number of carbonyl (C=O) groups excluding carboxylic acids is 1. The highest BCUT2D eigenvalue weighted by molar-refractivity contribution is 9.10. The number of hydrogen-bond acceptors (Lipinski definition) is 8. The van der Waals surface area contributed by atoms with Crippen LogP contribution in [0.25, 0.3) is 5.69 Å². The van der Waals surface area contributed by atoms with Crippen molar-refractivity contribution in [3.05, 3.63) is 64.4 Å². The molecule has 0 amide bonds. The van der Waals surface area contributed by atoms with Crippen molar-refractivity contribution in [2.45, 2.75) is 51.7 Å². The third kappa shape index (κ3) is 9.26. The zero-order valence-corrected chi connectivity index (χ0v) is 24.0. The van der Waals surface area contributed by atoms with E-state index in [2.05, 4.69) is 54.9 Å². The fourth-order valence-corrected chi connectivity index (χ4v) is 4.85. The Kier molecular flexibility index (Phi) is 13.5. The van der Waals surface area contributed by atoms with Gasteiger partial charge in [-0.3, -0.25) is 0 Å². The van der Waals surface area contributed by atoms with Gasteiger partial charge in [0.1, 0.15) is 28.3 Å². The van der Waals surface area contributed by atoms with Crippen LogP contribution in [0.2, 0.25) is 0 Å². The van der Waals surface area contributed by atoms with Crippen LogP contribution in [0, 0.1) is 5.92 Å². The maximum atomic E-state index is 12.2. The summed E-state index contributed by atoms with van der Waals surface area (Å²) in [4.78, 5) is 23.2. The Bertz CT molecular complexity index is 1200. The monoisotopic (exact) mass is 626 g/mol. The zero-order chi connectivity index (χ0) is 29.7. The first-order valence-electron chi connectivity index (χ1n) is 12.5. The molecule has 1 heterocycles. The van der Waals surface area contributed by atoms with E-state index in [-0.39, 0.29) is 17.0 Å². The third-order valence-corrected chi connectivity index (χ3v) is 6.91. The van der Waals surface area contributed by atoms with E-state index in [1.54, 1.807) is 12.1 Å². The number of methoxy groups -OCH3 is 1. The highest BCUT2D eigenvalue weighted by atomic mass is 79.9. The Balaban J connectivity index is 0.000000222. The van der Waals surface area contributed by atoms with E-state index < -0.39 is 29.9 Å². The number of aromatic hydroxyl groups is 1. The van der Waals surface area contributed by atoms with Crippen molar-refractivity contribution in [3.8, 4) is 17.2 Å². The number of phenols is 1. The summed E-state index contributed by atoms with van der Waals surface area (Å²) >= 11 is 3.13. The smallest absolute Gasteiger partial charge is 0.387 e. The van der Waals surface area contributed by atoms with Gasteiger partial charge in [-0.2, -0.15) is 23.8 Å². The summed E-state index contributed by atoms with van der Waals surface area (Å²) in [6.07, 6.45) is 9.76. The van der Waals surface area contributed by atoms with E-state index in [4.69, 9.17) is 5.11 Å². The number of carbonyl (C=O) groups is 2. The van der Waals surface area contributed by atoms with Crippen molar-refractivity contribution in [2.75, 3.05) is 14.2 Å². The van der Waals surface area contributed by atoms with Crippen LogP contribution in [0.1, 0.15) is 59.7 Å². The van der Waals surface area contributed by atoms with Crippen molar-refractivity contribution in [1.82, 2.24) is 20.3 Å². The van der Waals surface area contributed by atoms with Crippen LogP contribution < -0.4 is 10.1 Å². The molecule has 218 valence electrons. The van der Waals surface area contributed by atoms with Gasteiger partial charge in [0.05, 0.1) is 19.5 Å². The van der Waals surface area contributed by atoms with Crippen LogP contribution in [0.4, 0.5) is 8.78 Å². The van der Waals surface area contributed by atoms with Crippen molar-refractivity contribution in [3.63, 3.8) is 0 Å². The second-order valence-corrected chi connectivity index (χ2v) is 9.48. The summed E-state index contributed by atoms with van der Waals surface area (Å²) in [5.74, 6) is -1.53. The van der Waals surface area contributed by atoms with Gasteiger partial charge in [-0.1, -0.05) is 38.3 Å². The minimum atomic E-state index is -3.11. The molecule has 0 bridgehead atoms. The molecule has 4 rings (SSSR count). The Morgan fingerprint density at radius 2 is 1.77 bits per heavy atom. The molecule has 2 atom stereocenters. The minimum Gasteiger partial charge on any atom is -0.507 e. The van der Waals surface area contributed by atoms with Gasteiger partial charge in [0.25, 0.3) is 0 Å². The zero-order valence-electron chi connectivity index (χ0n) is 22.4. The molecule has 3 aromatic rings. The number of phenolic OH excluding ortho intramolecular Hbond substituents is 1. The first-order valence-corrected chi connectivity index (χ1v) is 13.3. The number of nitrogens with one attached hydrogen (secondary N) is 1. The Hall–Kier alpha value is -3.58. The molecule has 0 unspecified atom stereocenters. The topological polar surface area (TPSA) is 136 Å². The molecule has 2 aromatic carbocycles. The standard InChI is InChI=1S/C10H7F2N3O3.C9H19N.C8H7BrO3/c11-10(12)18-7-3-1-2-6(8(7)9(16)17)15-13-4-5-14-15;1-3-8-6-4-5-7-9(8)10-2;1-12-8(11)7-5(9)3-2-4-6(7)10/h1-5,10H,(H,16,17);8-10H,3-7H2,1-2H3;2-4,10H,1H3/t;8-,9-;/m.1./s1.